The molecule has 0 aliphatic carbocycles. The molecule has 6 heteroatoms. The summed E-state index contributed by atoms with van der Waals surface area (Å²) in [4.78, 5) is 0. The molecule has 1 aromatic heterocycles. The molecule has 70 valence electrons. The number of aromatic nitrogens is 3. The third-order valence-electron chi connectivity index (χ3n) is 1.63. The van der Waals surface area contributed by atoms with E-state index < -0.39 is 0 Å². The van der Waals surface area contributed by atoms with Gasteiger partial charge in [0.25, 0.3) is 0 Å². The molecule has 1 unspecified atom stereocenters. The van der Waals surface area contributed by atoms with Crippen molar-refractivity contribution in [1.29, 1.82) is 0 Å². The Kier molecular flexibility index (Phi) is 2.63. The van der Waals surface area contributed by atoms with Crippen molar-refractivity contribution < 1.29 is 9.47 Å². The molecule has 0 saturated carbocycles. The summed E-state index contributed by atoms with van der Waals surface area (Å²) in [6.45, 7) is 1.79. The van der Waals surface area contributed by atoms with E-state index in [1.54, 1.807) is 12.3 Å². The molecule has 1 N–H and O–H groups in total. The molecule has 0 spiro atoms. The van der Waals surface area contributed by atoms with E-state index in [4.69, 9.17) is 9.47 Å². The Hall–Kier alpha value is -1.27. The van der Waals surface area contributed by atoms with Crippen LogP contribution in [-0.4, -0.2) is 41.5 Å². The van der Waals surface area contributed by atoms with Crippen LogP contribution >= 0.6 is 0 Å². The fourth-order valence-corrected chi connectivity index (χ4v) is 1.05. The number of ether oxygens (including phenoxy) is 2. The SMILES string of the molecule is c1cc(NC2COCCO2)nnn1. The van der Waals surface area contributed by atoms with Gasteiger partial charge in [-0.05, 0) is 5.21 Å². The highest BCUT2D eigenvalue weighted by molar-refractivity contribution is 5.31. The Balaban J connectivity index is 1.90. The number of hydrogen-bond acceptors (Lipinski definition) is 6. The lowest BCUT2D eigenvalue weighted by Crippen LogP contribution is -2.35. The standard InChI is InChI=1S/C7H10N4O2/c1-2-8-11-10-6(1)9-7-5-12-3-4-13-7/h1-2,7H,3-5H2,(H,8,9,10). The highest BCUT2D eigenvalue weighted by Crippen LogP contribution is 2.05. The van der Waals surface area contributed by atoms with Crippen LogP contribution < -0.4 is 5.32 Å². The van der Waals surface area contributed by atoms with Gasteiger partial charge in [0.1, 0.15) is 0 Å². The van der Waals surface area contributed by atoms with Gasteiger partial charge >= 0.3 is 0 Å². The Labute approximate surface area is 75.3 Å². The maximum Gasteiger partial charge on any atom is 0.154 e. The van der Waals surface area contributed by atoms with Crippen molar-refractivity contribution in [2.24, 2.45) is 0 Å². The normalized spacial score (nSPS) is 22.6. The Bertz CT molecular complexity index is 250. The van der Waals surface area contributed by atoms with E-state index in [9.17, 15) is 0 Å². The quantitative estimate of drug-likeness (QED) is 0.674. The minimum Gasteiger partial charge on any atom is -0.374 e. The van der Waals surface area contributed by atoms with Crippen LogP contribution in [0.1, 0.15) is 0 Å². The average Bonchev–Trinajstić information content (AvgIpc) is 2.21. The zero-order valence-corrected chi connectivity index (χ0v) is 7.01. The first-order chi connectivity index (χ1) is 6.45. The van der Waals surface area contributed by atoms with Gasteiger partial charge in [0.2, 0.25) is 0 Å². The molecule has 1 aliphatic heterocycles. The van der Waals surface area contributed by atoms with Crippen molar-refractivity contribution in [3.8, 4) is 0 Å². The largest absolute Gasteiger partial charge is 0.374 e. The Morgan fingerprint density at radius 1 is 1.46 bits per heavy atom. The minimum absolute atomic E-state index is 0.134. The van der Waals surface area contributed by atoms with Gasteiger partial charge in [0.05, 0.1) is 26.0 Å². The van der Waals surface area contributed by atoms with Crippen LogP contribution in [0.5, 0.6) is 0 Å². The molecule has 1 atom stereocenters. The summed E-state index contributed by atoms with van der Waals surface area (Å²) in [6.07, 6.45) is 1.43. The van der Waals surface area contributed by atoms with E-state index >= 15 is 0 Å². The Morgan fingerprint density at radius 3 is 3.15 bits per heavy atom. The maximum atomic E-state index is 5.36. The van der Waals surface area contributed by atoms with Crippen molar-refractivity contribution in [3.05, 3.63) is 12.3 Å². The molecule has 0 radical (unpaired) electrons. The van der Waals surface area contributed by atoms with Gasteiger partial charge in [-0.1, -0.05) is 0 Å². The average molecular weight is 182 g/mol. The van der Waals surface area contributed by atoms with E-state index in [1.807, 2.05) is 0 Å². The summed E-state index contributed by atoms with van der Waals surface area (Å²) < 4.78 is 10.6. The van der Waals surface area contributed by atoms with Gasteiger partial charge in [0, 0.05) is 6.07 Å². The Morgan fingerprint density at radius 2 is 2.46 bits per heavy atom. The highest BCUT2D eigenvalue weighted by atomic mass is 16.6. The number of rotatable bonds is 2. The van der Waals surface area contributed by atoms with Crippen LogP contribution in [-0.2, 0) is 9.47 Å². The highest BCUT2D eigenvalue weighted by Gasteiger charge is 2.13. The smallest absolute Gasteiger partial charge is 0.154 e. The molecule has 6 nitrogen and oxygen atoms in total. The van der Waals surface area contributed by atoms with Crippen LogP contribution in [0, 0.1) is 0 Å². The number of nitrogens with zero attached hydrogens (tertiary/aromatic N) is 3. The molecule has 2 rings (SSSR count). The van der Waals surface area contributed by atoms with Gasteiger partial charge in [-0.25, -0.2) is 0 Å². The second kappa shape index (κ2) is 4.11. The predicted molar refractivity (Wildman–Crippen MR) is 44.0 cm³/mol. The summed E-state index contributed by atoms with van der Waals surface area (Å²) in [6, 6.07) is 1.73. The monoisotopic (exact) mass is 182 g/mol. The van der Waals surface area contributed by atoms with Crippen LogP contribution in [0.15, 0.2) is 12.3 Å². The van der Waals surface area contributed by atoms with Crippen LogP contribution in [0.25, 0.3) is 0 Å². The lowest BCUT2D eigenvalue weighted by Gasteiger charge is -2.23. The van der Waals surface area contributed by atoms with Crippen LogP contribution in [0.4, 0.5) is 5.82 Å². The van der Waals surface area contributed by atoms with Crippen LogP contribution in [0.3, 0.4) is 0 Å². The maximum absolute atomic E-state index is 5.36. The molecule has 0 bridgehead atoms. The molecule has 1 fully saturated rings. The van der Waals surface area contributed by atoms with E-state index in [0.29, 0.717) is 25.6 Å². The predicted octanol–water partition coefficient (Wildman–Crippen LogP) is -0.344. The van der Waals surface area contributed by atoms with Gasteiger partial charge in [0.15, 0.2) is 12.0 Å². The lowest BCUT2D eigenvalue weighted by molar-refractivity contribution is -0.0758. The van der Waals surface area contributed by atoms with E-state index in [1.165, 1.54) is 0 Å². The van der Waals surface area contributed by atoms with Crippen molar-refractivity contribution in [2.75, 3.05) is 25.1 Å². The van der Waals surface area contributed by atoms with Crippen molar-refractivity contribution in [2.45, 2.75) is 6.23 Å². The topological polar surface area (TPSA) is 69.2 Å². The summed E-state index contributed by atoms with van der Waals surface area (Å²) in [5, 5.41) is 13.8. The number of anilines is 1. The van der Waals surface area contributed by atoms with Gasteiger partial charge in [-0.15, -0.1) is 10.2 Å². The van der Waals surface area contributed by atoms with Crippen molar-refractivity contribution in [3.63, 3.8) is 0 Å². The summed E-state index contributed by atoms with van der Waals surface area (Å²) in [5.41, 5.74) is 0. The molecule has 0 aromatic carbocycles. The fourth-order valence-electron chi connectivity index (χ4n) is 1.05. The third-order valence-corrected chi connectivity index (χ3v) is 1.63. The van der Waals surface area contributed by atoms with Gasteiger partial charge in [-0.3, -0.25) is 0 Å². The summed E-state index contributed by atoms with van der Waals surface area (Å²) in [7, 11) is 0. The molecule has 13 heavy (non-hydrogen) atoms. The second-order valence-electron chi connectivity index (χ2n) is 2.58. The van der Waals surface area contributed by atoms with Gasteiger partial charge in [-0.2, -0.15) is 0 Å². The molecular weight excluding hydrogens is 172 g/mol. The third kappa shape index (κ3) is 2.33. The summed E-state index contributed by atoms with van der Waals surface area (Å²) >= 11 is 0. The minimum atomic E-state index is -0.134. The first-order valence-electron chi connectivity index (χ1n) is 4.05. The lowest BCUT2D eigenvalue weighted by atomic mass is 10.5. The zero-order valence-electron chi connectivity index (χ0n) is 7.01. The van der Waals surface area contributed by atoms with E-state index in [0.717, 1.165) is 0 Å². The fraction of sp³-hybridized carbons (Fsp3) is 0.571. The first-order valence-corrected chi connectivity index (χ1v) is 4.05. The molecule has 1 saturated heterocycles. The molecule has 1 aromatic rings. The molecular formula is C7H10N4O2. The summed E-state index contributed by atoms with van der Waals surface area (Å²) in [5.74, 6) is 0.644. The van der Waals surface area contributed by atoms with E-state index in [-0.39, 0.29) is 6.23 Å². The molecule has 1 aliphatic rings. The first kappa shape index (κ1) is 8.33. The van der Waals surface area contributed by atoms with Crippen molar-refractivity contribution in [1.82, 2.24) is 15.4 Å². The molecule has 0 amide bonds. The van der Waals surface area contributed by atoms with E-state index in [2.05, 4.69) is 20.7 Å². The second-order valence-corrected chi connectivity index (χ2v) is 2.58. The van der Waals surface area contributed by atoms with Gasteiger partial charge < -0.3 is 14.8 Å². The van der Waals surface area contributed by atoms with Crippen LogP contribution in [0.2, 0.25) is 0 Å². The zero-order chi connectivity index (χ0) is 8.93. The number of hydrogen-bond donors (Lipinski definition) is 1. The number of nitrogens with one attached hydrogen (secondary N) is 1. The molecule has 2 heterocycles. The van der Waals surface area contributed by atoms with Crippen molar-refractivity contribution >= 4 is 5.82 Å².